The van der Waals surface area contributed by atoms with Crippen LogP contribution in [0, 0.1) is 5.82 Å². The fraction of sp³-hybridized carbons (Fsp3) is 0.571. The lowest BCUT2D eigenvalue weighted by Crippen LogP contribution is -2.38. The van der Waals surface area contributed by atoms with E-state index in [0.29, 0.717) is 11.6 Å². The number of aliphatic hydroxyl groups excluding tert-OH is 1. The highest BCUT2D eigenvalue weighted by atomic mass is 19.1. The molecule has 94 valence electrons. The molecule has 1 saturated heterocycles. The molecular weight excluding hydrogens is 217 g/mol. The molecule has 1 fully saturated rings. The first-order chi connectivity index (χ1) is 8.09. The van der Waals surface area contributed by atoms with Gasteiger partial charge in [0.2, 0.25) is 0 Å². The summed E-state index contributed by atoms with van der Waals surface area (Å²) in [7, 11) is 0. The highest BCUT2D eigenvalue weighted by Crippen LogP contribution is 2.31. The Morgan fingerprint density at radius 2 is 2.18 bits per heavy atom. The van der Waals surface area contributed by atoms with Crippen LogP contribution >= 0.6 is 0 Å². The van der Waals surface area contributed by atoms with Crippen molar-refractivity contribution < 1.29 is 9.50 Å². The van der Waals surface area contributed by atoms with Gasteiger partial charge in [0, 0.05) is 23.8 Å². The molecule has 17 heavy (non-hydrogen) atoms. The van der Waals surface area contributed by atoms with Gasteiger partial charge in [0.1, 0.15) is 5.82 Å². The minimum absolute atomic E-state index is 0.283. The van der Waals surface area contributed by atoms with E-state index in [9.17, 15) is 9.50 Å². The molecule has 0 bridgehead atoms. The monoisotopic (exact) mass is 237 g/mol. The zero-order chi connectivity index (χ0) is 12.4. The second kappa shape index (κ2) is 5.05. The molecule has 1 unspecified atom stereocenters. The summed E-state index contributed by atoms with van der Waals surface area (Å²) in [5.74, 6) is -0.283. The summed E-state index contributed by atoms with van der Waals surface area (Å²) in [5.41, 5.74) is 1.67. The number of aliphatic hydroxyl groups is 1. The molecule has 1 aromatic rings. The molecule has 2 nitrogen and oxygen atoms in total. The lowest BCUT2D eigenvalue weighted by molar-refractivity contribution is 0.199. The average Bonchev–Trinajstić information content (AvgIpc) is 2.30. The number of benzene rings is 1. The fourth-order valence-electron chi connectivity index (χ4n) is 2.58. The molecule has 2 rings (SSSR count). The topological polar surface area (TPSA) is 23.5 Å². The van der Waals surface area contributed by atoms with Crippen molar-refractivity contribution in [3.63, 3.8) is 0 Å². The average molecular weight is 237 g/mol. The fourth-order valence-corrected chi connectivity index (χ4v) is 2.58. The molecule has 0 radical (unpaired) electrons. The van der Waals surface area contributed by atoms with Crippen LogP contribution in [0.15, 0.2) is 18.2 Å². The second-order valence-electron chi connectivity index (χ2n) is 4.92. The van der Waals surface area contributed by atoms with Crippen molar-refractivity contribution in [2.45, 2.75) is 45.3 Å². The van der Waals surface area contributed by atoms with Gasteiger partial charge >= 0.3 is 0 Å². The van der Waals surface area contributed by atoms with Crippen LogP contribution < -0.4 is 4.90 Å². The van der Waals surface area contributed by atoms with Crippen molar-refractivity contribution >= 4 is 5.69 Å². The van der Waals surface area contributed by atoms with E-state index in [-0.39, 0.29) is 5.82 Å². The van der Waals surface area contributed by atoms with Crippen molar-refractivity contribution in [2.24, 2.45) is 0 Å². The molecule has 1 aliphatic heterocycles. The maximum Gasteiger partial charge on any atom is 0.123 e. The Bertz CT molecular complexity index is 392. The van der Waals surface area contributed by atoms with Crippen molar-refractivity contribution in [2.75, 3.05) is 11.4 Å². The molecule has 1 aromatic carbocycles. The Morgan fingerprint density at radius 3 is 2.82 bits per heavy atom. The Morgan fingerprint density at radius 1 is 1.41 bits per heavy atom. The van der Waals surface area contributed by atoms with Gasteiger partial charge in [-0.1, -0.05) is 0 Å². The third-order valence-corrected chi connectivity index (χ3v) is 3.55. The highest BCUT2D eigenvalue weighted by molar-refractivity contribution is 5.55. The summed E-state index contributed by atoms with van der Waals surface area (Å²) in [6, 6.07) is 5.18. The summed E-state index contributed by atoms with van der Waals surface area (Å²) in [6.45, 7) is 4.87. The van der Waals surface area contributed by atoms with Crippen LogP contribution in [-0.4, -0.2) is 17.7 Å². The van der Waals surface area contributed by atoms with E-state index >= 15 is 0 Å². The molecule has 1 heterocycles. The molecule has 2 atom stereocenters. The maximum atomic E-state index is 13.2. The summed E-state index contributed by atoms with van der Waals surface area (Å²) >= 11 is 0. The van der Waals surface area contributed by atoms with Gasteiger partial charge in [0.15, 0.2) is 0 Å². The van der Waals surface area contributed by atoms with Gasteiger partial charge in [-0.15, -0.1) is 0 Å². The minimum Gasteiger partial charge on any atom is -0.389 e. The van der Waals surface area contributed by atoms with Crippen LogP contribution in [0.25, 0.3) is 0 Å². The first-order valence-corrected chi connectivity index (χ1v) is 6.33. The molecule has 3 heteroatoms. The highest BCUT2D eigenvalue weighted by Gasteiger charge is 2.22. The van der Waals surface area contributed by atoms with Crippen LogP contribution in [0.1, 0.15) is 44.8 Å². The van der Waals surface area contributed by atoms with Gasteiger partial charge in [-0.05, 0) is 51.3 Å². The van der Waals surface area contributed by atoms with Crippen molar-refractivity contribution in [1.29, 1.82) is 0 Å². The standard InChI is InChI=1S/C14H20FNO/c1-10-5-3-4-8-16(10)14-7-6-12(15)9-13(14)11(2)17/h6-7,9-11,17H,3-5,8H2,1-2H3/t10?,11-/m0/s1. The van der Waals surface area contributed by atoms with Gasteiger partial charge in [0.25, 0.3) is 0 Å². The Hall–Kier alpha value is -1.09. The van der Waals surface area contributed by atoms with E-state index in [1.807, 2.05) is 0 Å². The Balaban J connectivity index is 2.36. The van der Waals surface area contributed by atoms with Gasteiger partial charge in [-0.25, -0.2) is 4.39 Å². The quantitative estimate of drug-likeness (QED) is 0.853. The number of nitrogens with zero attached hydrogens (tertiary/aromatic N) is 1. The van der Waals surface area contributed by atoms with E-state index in [1.165, 1.54) is 25.0 Å². The SMILES string of the molecule is CC1CCCCN1c1ccc(F)cc1[C@H](C)O. The largest absolute Gasteiger partial charge is 0.389 e. The third-order valence-electron chi connectivity index (χ3n) is 3.55. The van der Waals surface area contributed by atoms with E-state index in [4.69, 9.17) is 0 Å². The van der Waals surface area contributed by atoms with E-state index in [2.05, 4.69) is 11.8 Å². The summed E-state index contributed by atoms with van der Waals surface area (Å²) in [6.07, 6.45) is 2.95. The van der Waals surface area contributed by atoms with E-state index in [0.717, 1.165) is 18.7 Å². The van der Waals surface area contributed by atoms with Crippen LogP contribution in [0.3, 0.4) is 0 Å². The maximum absolute atomic E-state index is 13.2. The van der Waals surface area contributed by atoms with Crippen LogP contribution in [0.2, 0.25) is 0 Å². The van der Waals surface area contributed by atoms with Gasteiger partial charge < -0.3 is 10.0 Å². The van der Waals surface area contributed by atoms with Crippen molar-refractivity contribution in [3.05, 3.63) is 29.6 Å². The Labute approximate surface area is 102 Å². The third kappa shape index (κ3) is 2.60. The smallest absolute Gasteiger partial charge is 0.123 e. The van der Waals surface area contributed by atoms with Crippen LogP contribution in [0.4, 0.5) is 10.1 Å². The van der Waals surface area contributed by atoms with E-state index in [1.54, 1.807) is 13.0 Å². The molecule has 0 spiro atoms. The zero-order valence-corrected chi connectivity index (χ0v) is 10.5. The van der Waals surface area contributed by atoms with E-state index < -0.39 is 6.10 Å². The van der Waals surface area contributed by atoms with Crippen LogP contribution in [0.5, 0.6) is 0 Å². The van der Waals surface area contributed by atoms with Crippen molar-refractivity contribution in [3.8, 4) is 0 Å². The summed E-state index contributed by atoms with van der Waals surface area (Å²) in [5, 5.41) is 9.75. The Kier molecular flexibility index (Phi) is 3.67. The molecule has 1 aliphatic rings. The molecule has 0 amide bonds. The van der Waals surface area contributed by atoms with Crippen LogP contribution in [-0.2, 0) is 0 Å². The predicted octanol–water partition coefficient (Wildman–Crippen LogP) is 3.26. The lowest BCUT2D eigenvalue weighted by atomic mass is 9.99. The number of piperidine rings is 1. The first kappa shape index (κ1) is 12.4. The minimum atomic E-state index is -0.630. The first-order valence-electron chi connectivity index (χ1n) is 6.33. The predicted molar refractivity (Wildman–Crippen MR) is 67.7 cm³/mol. The zero-order valence-electron chi connectivity index (χ0n) is 10.5. The summed E-state index contributed by atoms with van der Waals surface area (Å²) < 4.78 is 13.2. The molecule has 0 aromatic heterocycles. The number of anilines is 1. The molecule has 1 N–H and O–H groups in total. The molecule has 0 aliphatic carbocycles. The summed E-state index contributed by atoms with van der Waals surface area (Å²) in [4.78, 5) is 2.28. The number of hydrogen-bond donors (Lipinski definition) is 1. The normalized spacial score (nSPS) is 22.6. The second-order valence-corrected chi connectivity index (χ2v) is 4.92. The molecule has 0 saturated carbocycles. The van der Waals surface area contributed by atoms with Gasteiger partial charge in [0.05, 0.1) is 6.10 Å². The van der Waals surface area contributed by atoms with Gasteiger partial charge in [-0.3, -0.25) is 0 Å². The van der Waals surface area contributed by atoms with Crippen molar-refractivity contribution in [1.82, 2.24) is 0 Å². The lowest BCUT2D eigenvalue weighted by Gasteiger charge is -2.37. The number of rotatable bonds is 2. The number of hydrogen-bond acceptors (Lipinski definition) is 2. The van der Waals surface area contributed by atoms with Gasteiger partial charge in [-0.2, -0.15) is 0 Å². The molecular formula is C14H20FNO. The number of halogens is 1.